The third kappa shape index (κ3) is 1.65. The van der Waals surface area contributed by atoms with Crippen molar-refractivity contribution in [2.75, 3.05) is 7.11 Å². The fourth-order valence-corrected chi connectivity index (χ4v) is 0.931. The average Bonchev–Trinajstić information content (AvgIpc) is 2.05. The van der Waals surface area contributed by atoms with Crippen molar-refractivity contribution < 1.29 is 9.29 Å². The van der Waals surface area contributed by atoms with E-state index < -0.39 is 0 Å². The highest BCUT2D eigenvalue weighted by Gasteiger charge is 1.97. The predicted octanol–water partition coefficient (Wildman–Crippen LogP) is 1.34. The maximum atomic E-state index is 8.63. The topological polar surface area (TPSA) is 29.5 Å². The summed E-state index contributed by atoms with van der Waals surface area (Å²) in [6.45, 7) is 0. The van der Waals surface area contributed by atoms with Crippen molar-refractivity contribution in [3.63, 3.8) is 0 Å². The van der Waals surface area contributed by atoms with Crippen LogP contribution in [-0.4, -0.2) is 11.7 Å². The number of benzene rings is 1. The molecule has 0 atom stereocenters. The zero-order chi connectivity index (χ0) is 7.40. The van der Waals surface area contributed by atoms with Gasteiger partial charge in [-0.3, -0.25) is 0 Å². The molecule has 0 bridgehead atoms. The molecule has 54 valence electrons. The van der Waals surface area contributed by atoms with Crippen molar-refractivity contribution in [2.45, 2.75) is 4.90 Å². The van der Waals surface area contributed by atoms with Crippen LogP contribution in [0.5, 0.6) is 5.75 Å². The fraction of sp³-hybridized carbons (Fsp3) is 0.143. The van der Waals surface area contributed by atoms with E-state index in [0.717, 1.165) is 10.6 Å². The minimum atomic E-state index is 0.302. The normalized spacial score (nSPS) is 9.40. The molecule has 0 unspecified atom stereocenters. The maximum absolute atomic E-state index is 8.63. The first kappa shape index (κ1) is 7.44. The Morgan fingerprint density at radius 3 is 2.30 bits per heavy atom. The van der Waals surface area contributed by atoms with Gasteiger partial charge in [0.05, 0.1) is 7.11 Å². The molecular weight excluding hydrogens is 148 g/mol. The summed E-state index contributed by atoms with van der Waals surface area (Å²) in [4.78, 5) is 0.876. The van der Waals surface area contributed by atoms with Crippen LogP contribution < -0.4 is 4.74 Å². The second kappa shape index (κ2) is 3.49. The molecule has 10 heavy (non-hydrogen) atoms. The summed E-state index contributed by atoms with van der Waals surface area (Å²) < 4.78 is 13.6. The monoisotopic (exact) mass is 157 g/mol. The van der Waals surface area contributed by atoms with Gasteiger partial charge >= 0.3 is 0 Å². The van der Waals surface area contributed by atoms with E-state index in [2.05, 4.69) is 0 Å². The van der Waals surface area contributed by atoms with Crippen LogP contribution in [0.1, 0.15) is 0 Å². The molecule has 0 saturated carbocycles. The van der Waals surface area contributed by atoms with E-state index in [9.17, 15) is 0 Å². The van der Waals surface area contributed by atoms with E-state index in [1.165, 1.54) is 0 Å². The van der Waals surface area contributed by atoms with Crippen molar-refractivity contribution in [2.24, 2.45) is 0 Å². The Kier molecular flexibility index (Phi) is 2.59. The first-order valence-electron chi connectivity index (χ1n) is 2.86. The number of methoxy groups -OCH3 is 1. The van der Waals surface area contributed by atoms with Crippen LogP contribution in [0.2, 0.25) is 0 Å². The summed E-state index contributed by atoms with van der Waals surface area (Å²) in [6.07, 6.45) is 0. The average molecular weight is 157 g/mol. The molecule has 0 aliphatic rings. The smallest absolute Gasteiger partial charge is 0.187 e. The standard InChI is InChI=1S/C7H8O2S/c1-9-6-2-4-7(10-8)5-3-6/h2-5,8H,1H3/p+1. The van der Waals surface area contributed by atoms with Gasteiger partial charge in [-0.05, 0) is 24.3 Å². The summed E-state index contributed by atoms with van der Waals surface area (Å²) in [7, 11) is 1.62. The summed E-state index contributed by atoms with van der Waals surface area (Å²) >= 11 is 0.302. The van der Waals surface area contributed by atoms with Gasteiger partial charge in [0.1, 0.15) is 5.75 Å². The van der Waals surface area contributed by atoms with Gasteiger partial charge in [-0.15, -0.1) is 0 Å². The first-order valence-corrected chi connectivity index (χ1v) is 3.70. The molecule has 1 aromatic rings. The maximum Gasteiger partial charge on any atom is 0.187 e. The van der Waals surface area contributed by atoms with Gasteiger partial charge in [-0.1, -0.05) is 0 Å². The molecule has 1 rings (SSSR count). The Morgan fingerprint density at radius 1 is 1.30 bits per heavy atom. The zero-order valence-electron chi connectivity index (χ0n) is 5.61. The van der Waals surface area contributed by atoms with Crippen LogP contribution >= 0.6 is 0 Å². The van der Waals surface area contributed by atoms with E-state index >= 15 is 0 Å². The van der Waals surface area contributed by atoms with Crippen LogP contribution in [0.4, 0.5) is 0 Å². The molecule has 0 heterocycles. The van der Waals surface area contributed by atoms with E-state index in [1.807, 2.05) is 24.3 Å². The Hall–Kier alpha value is -0.670. The molecule has 1 aromatic carbocycles. The quantitative estimate of drug-likeness (QED) is 0.518. The van der Waals surface area contributed by atoms with Crippen LogP contribution in [0.25, 0.3) is 0 Å². The van der Waals surface area contributed by atoms with Crippen LogP contribution in [0.15, 0.2) is 29.2 Å². The zero-order valence-corrected chi connectivity index (χ0v) is 6.51. The minimum absolute atomic E-state index is 0.302. The van der Waals surface area contributed by atoms with Crippen LogP contribution in [-0.2, 0) is 12.0 Å². The third-order valence-electron chi connectivity index (χ3n) is 1.19. The summed E-state index contributed by atoms with van der Waals surface area (Å²) in [5.74, 6) is 0.812. The van der Waals surface area contributed by atoms with Gasteiger partial charge in [-0.25, -0.2) is 0 Å². The summed E-state index contributed by atoms with van der Waals surface area (Å²) in [6, 6.07) is 7.28. The van der Waals surface area contributed by atoms with Crippen molar-refractivity contribution in [1.29, 1.82) is 0 Å². The fourth-order valence-electron chi connectivity index (χ4n) is 0.649. The summed E-state index contributed by atoms with van der Waals surface area (Å²) in [5, 5.41) is 0. The molecule has 0 aromatic heterocycles. The highest BCUT2D eigenvalue weighted by Crippen LogP contribution is 2.11. The van der Waals surface area contributed by atoms with Gasteiger partial charge in [0, 0.05) is 0 Å². The number of hydrogen-bond acceptors (Lipinski definition) is 2. The SMILES string of the molecule is COc1ccc([SH+]O)cc1. The van der Waals surface area contributed by atoms with Gasteiger partial charge in [-0.2, -0.15) is 4.55 Å². The third-order valence-corrected chi connectivity index (χ3v) is 1.72. The highest BCUT2D eigenvalue weighted by molar-refractivity contribution is 7.72. The lowest BCUT2D eigenvalue weighted by Crippen LogP contribution is -1.83. The van der Waals surface area contributed by atoms with Crippen molar-refractivity contribution >= 4 is 12.0 Å². The molecule has 1 N–H and O–H groups in total. The lowest BCUT2D eigenvalue weighted by Gasteiger charge is -1.95. The Bertz CT molecular complexity index is 172. The largest absolute Gasteiger partial charge is 0.497 e. The molecule has 3 heteroatoms. The molecule has 2 nitrogen and oxygen atoms in total. The van der Waals surface area contributed by atoms with Crippen molar-refractivity contribution in [3.05, 3.63) is 24.3 Å². The highest BCUT2D eigenvalue weighted by atomic mass is 32.2. The van der Waals surface area contributed by atoms with Crippen LogP contribution in [0.3, 0.4) is 0 Å². The number of hydrogen-bond donors (Lipinski definition) is 1. The predicted molar refractivity (Wildman–Crippen MR) is 42.6 cm³/mol. The summed E-state index contributed by atoms with van der Waals surface area (Å²) in [5.41, 5.74) is 0. The van der Waals surface area contributed by atoms with E-state index in [-0.39, 0.29) is 0 Å². The van der Waals surface area contributed by atoms with Gasteiger partial charge in [0.2, 0.25) is 0 Å². The molecule has 0 aliphatic heterocycles. The second-order valence-corrected chi connectivity index (χ2v) is 2.51. The molecule has 0 radical (unpaired) electrons. The molecule has 0 fully saturated rings. The van der Waals surface area contributed by atoms with Gasteiger partial charge in [0.25, 0.3) is 0 Å². The Morgan fingerprint density at radius 2 is 1.90 bits per heavy atom. The number of ether oxygens (including phenoxy) is 1. The molecule has 0 amide bonds. The molecule has 0 aliphatic carbocycles. The van der Waals surface area contributed by atoms with E-state index in [0.29, 0.717) is 12.0 Å². The second-order valence-electron chi connectivity index (χ2n) is 1.80. The first-order chi connectivity index (χ1) is 4.86. The van der Waals surface area contributed by atoms with E-state index in [1.54, 1.807) is 7.11 Å². The van der Waals surface area contributed by atoms with Gasteiger partial charge in [0.15, 0.2) is 16.9 Å². The Labute approximate surface area is 64.0 Å². The molecule has 0 saturated heterocycles. The van der Waals surface area contributed by atoms with Crippen molar-refractivity contribution in [3.8, 4) is 5.75 Å². The van der Waals surface area contributed by atoms with Gasteiger partial charge < -0.3 is 4.74 Å². The Balaban J connectivity index is 2.80. The number of thiol groups is 1. The lowest BCUT2D eigenvalue weighted by atomic mass is 10.3. The van der Waals surface area contributed by atoms with Crippen molar-refractivity contribution in [1.82, 2.24) is 0 Å². The number of rotatable bonds is 2. The lowest BCUT2D eigenvalue weighted by molar-refractivity contribution is 0.414. The molecule has 0 spiro atoms. The molecular formula is C7H9O2S+. The minimum Gasteiger partial charge on any atom is -0.497 e. The van der Waals surface area contributed by atoms with Crippen LogP contribution in [0, 0.1) is 0 Å². The van der Waals surface area contributed by atoms with E-state index in [4.69, 9.17) is 9.29 Å².